The maximum Gasteiger partial charge on any atom is 0.573 e. The van der Waals surface area contributed by atoms with Gasteiger partial charge in [0.2, 0.25) is 0 Å². The highest BCUT2D eigenvalue weighted by molar-refractivity contribution is 5.88. The number of hydrogen-bond donors (Lipinski definition) is 2. The van der Waals surface area contributed by atoms with Crippen LogP contribution in [0.25, 0.3) is 0 Å². The van der Waals surface area contributed by atoms with Crippen LogP contribution in [-0.2, 0) is 6.54 Å². The van der Waals surface area contributed by atoms with Gasteiger partial charge in [-0.15, -0.1) is 13.2 Å². The van der Waals surface area contributed by atoms with Gasteiger partial charge in [0, 0.05) is 13.1 Å². The van der Waals surface area contributed by atoms with Crippen LogP contribution in [0, 0.1) is 0 Å². The molecule has 6 nitrogen and oxygen atoms in total. The van der Waals surface area contributed by atoms with Crippen LogP contribution in [0.5, 0.6) is 5.75 Å². The molecule has 0 fully saturated rings. The second-order valence-corrected chi connectivity index (χ2v) is 8.72. The fourth-order valence-corrected chi connectivity index (χ4v) is 4.44. The fraction of sp³-hybridized carbons (Fsp3) is 0.269. The van der Waals surface area contributed by atoms with Crippen molar-refractivity contribution in [2.75, 3.05) is 22.9 Å². The molecule has 3 aromatic rings. The van der Waals surface area contributed by atoms with E-state index in [1.165, 1.54) is 35.2 Å². The van der Waals surface area contributed by atoms with Crippen molar-refractivity contribution in [2.45, 2.75) is 31.2 Å². The molecule has 1 aliphatic heterocycles. The number of β-amino-alcohol motifs (C(OH)–C–C–N with tert-alkyl or cyclic N) is 1. The summed E-state index contributed by atoms with van der Waals surface area (Å²) in [6.07, 6.45) is -12.4. The lowest BCUT2D eigenvalue weighted by molar-refractivity contribution is -0.274. The normalized spacial score (nSPS) is 16.7. The molecule has 0 bridgehead atoms. The summed E-state index contributed by atoms with van der Waals surface area (Å²) in [6, 6.07) is 16.8. The molecule has 0 spiro atoms. The Morgan fingerprint density at radius 3 is 2.29 bits per heavy atom. The number of anilines is 2. The van der Waals surface area contributed by atoms with Crippen LogP contribution in [0.2, 0.25) is 0 Å². The predicted molar refractivity (Wildman–Crippen MR) is 126 cm³/mol. The average Bonchev–Trinajstić information content (AvgIpc) is 2.84. The number of rotatable bonds is 7. The Morgan fingerprint density at radius 1 is 0.947 bits per heavy atom. The summed E-state index contributed by atoms with van der Waals surface area (Å²) >= 11 is 0. The van der Waals surface area contributed by atoms with Crippen molar-refractivity contribution in [3.8, 4) is 5.75 Å². The Morgan fingerprint density at radius 2 is 1.63 bits per heavy atom. The minimum Gasteiger partial charge on any atom is -0.478 e. The number of carboxylic acid groups (broad SMARTS) is 1. The number of hydrogen-bond acceptors (Lipinski definition) is 5. The molecule has 3 aromatic carbocycles. The molecule has 202 valence electrons. The van der Waals surface area contributed by atoms with Gasteiger partial charge in [0.1, 0.15) is 5.75 Å². The number of carboxylic acids is 1. The molecule has 38 heavy (non-hydrogen) atoms. The van der Waals surface area contributed by atoms with E-state index >= 15 is 0 Å². The van der Waals surface area contributed by atoms with Gasteiger partial charge >= 0.3 is 18.5 Å². The van der Waals surface area contributed by atoms with Crippen molar-refractivity contribution in [2.24, 2.45) is 0 Å². The third-order valence-corrected chi connectivity index (χ3v) is 6.07. The predicted octanol–water partition coefficient (Wildman–Crippen LogP) is 5.77. The Bertz CT molecular complexity index is 1300. The topological polar surface area (TPSA) is 73.2 Å². The first-order valence-electron chi connectivity index (χ1n) is 11.3. The summed E-state index contributed by atoms with van der Waals surface area (Å²) in [7, 11) is 0. The Labute approximate surface area is 213 Å². The number of fused-ring (bicyclic) bond motifs is 1. The summed E-state index contributed by atoms with van der Waals surface area (Å²) in [4.78, 5) is 14.7. The van der Waals surface area contributed by atoms with E-state index < -0.39 is 42.9 Å². The highest BCUT2D eigenvalue weighted by Crippen LogP contribution is 2.42. The zero-order valence-electron chi connectivity index (χ0n) is 19.6. The SMILES string of the molecule is O=C(O)c1cccc(C2CN(Cc3cccc(OC(F)(F)F)c3)c3ccccc3N2C[C@@H](O)C(F)(F)F)c1. The quantitative estimate of drug-likeness (QED) is 0.371. The second kappa shape index (κ2) is 10.4. The van der Waals surface area contributed by atoms with E-state index in [0.29, 0.717) is 22.5 Å². The molecule has 2 atom stereocenters. The van der Waals surface area contributed by atoms with Crippen LogP contribution in [0.3, 0.4) is 0 Å². The molecular formula is C26H22F6N2O4. The minimum atomic E-state index is -4.89. The average molecular weight is 540 g/mol. The molecule has 12 heteroatoms. The number of carbonyl (C=O) groups is 1. The number of aliphatic hydroxyl groups excluding tert-OH is 1. The Kier molecular flexibility index (Phi) is 7.45. The molecule has 1 heterocycles. The molecule has 1 unspecified atom stereocenters. The molecule has 2 N–H and O–H groups in total. The van der Waals surface area contributed by atoms with E-state index in [0.717, 1.165) is 6.07 Å². The first kappa shape index (κ1) is 27.1. The number of benzene rings is 3. The molecule has 0 aliphatic carbocycles. The van der Waals surface area contributed by atoms with E-state index in [1.54, 1.807) is 41.3 Å². The number of alkyl halides is 6. The highest BCUT2D eigenvalue weighted by Gasteiger charge is 2.42. The van der Waals surface area contributed by atoms with Gasteiger partial charge in [-0.2, -0.15) is 13.2 Å². The molecule has 0 saturated carbocycles. The van der Waals surface area contributed by atoms with E-state index in [1.807, 2.05) is 0 Å². The summed E-state index contributed by atoms with van der Waals surface area (Å²) < 4.78 is 82.2. The van der Waals surface area contributed by atoms with Gasteiger partial charge in [-0.25, -0.2) is 4.79 Å². The highest BCUT2D eigenvalue weighted by atomic mass is 19.4. The van der Waals surface area contributed by atoms with E-state index in [-0.39, 0.29) is 18.7 Å². The van der Waals surface area contributed by atoms with Crippen molar-refractivity contribution in [3.63, 3.8) is 0 Å². The lowest BCUT2D eigenvalue weighted by Gasteiger charge is -2.45. The molecule has 0 amide bonds. The lowest BCUT2D eigenvalue weighted by Crippen LogP contribution is -2.49. The Balaban J connectivity index is 1.75. The third-order valence-electron chi connectivity index (χ3n) is 6.07. The van der Waals surface area contributed by atoms with Crippen molar-refractivity contribution >= 4 is 17.3 Å². The zero-order chi connectivity index (χ0) is 27.7. The molecule has 0 aromatic heterocycles. The molecular weight excluding hydrogens is 518 g/mol. The first-order valence-corrected chi connectivity index (χ1v) is 11.3. The summed E-state index contributed by atoms with van der Waals surface area (Å²) in [6.45, 7) is -0.683. The number of aromatic carboxylic acids is 1. The van der Waals surface area contributed by atoms with Crippen molar-refractivity contribution in [1.82, 2.24) is 0 Å². The van der Waals surface area contributed by atoms with Gasteiger partial charge in [0.15, 0.2) is 6.10 Å². The van der Waals surface area contributed by atoms with Crippen molar-refractivity contribution in [1.29, 1.82) is 0 Å². The van der Waals surface area contributed by atoms with Crippen LogP contribution < -0.4 is 14.5 Å². The van der Waals surface area contributed by atoms with Gasteiger partial charge in [0.05, 0.1) is 29.5 Å². The van der Waals surface area contributed by atoms with Gasteiger partial charge in [-0.1, -0.05) is 36.4 Å². The number of halogens is 6. The molecule has 0 saturated heterocycles. The van der Waals surface area contributed by atoms with Crippen LogP contribution in [0.4, 0.5) is 37.7 Å². The van der Waals surface area contributed by atoms with Crippen molar-refractivity contribution in [3.05, 3.63) is 89.5 Å². The second-order valence-electron chi connectivity index (χ2n) is 8.72. The van der Waals surface area contributed by atoms with Crippen LogP contribution in [0.1, 0.15) is 27.5 Å². The molecule has 1 aliphatic rings. The van der Waals surface area contributed by atoms with Gasteiger partial charge < -0.3 is 24.7 Å². The fourth-order valence-electron chi connectivity index (χ4n) is 4.44. The van der Waals surface area contributed by atoms with Crippen LogP contribution in [-0.4, -0.2) is 47.9 Å². The van der Waals surface area contributed by atoms with E-state index in [2.05, 4.69) is 4.74 Å². The maximum absolute atomic E-state index is 13.3. The summed E-state index contributed by atoms with van der Waals surface area (Å²) in [5.41, 5.74) is 1.61. The van der Waals surface area contributed by atoms with Crippen LogP contribution >= 0.6 is 0 Å². The minimum absolute atomic E-state index is 0.0506. The summed E-state index contributed by atoms with van der Waals surface area (Å²) in [5.74, 6) is -1.63. The van der Waals surface area contributed by atoms with Gasteiger partial charge in [0.25, 0.3) is 0 Å². The maximum atomic E-state index is 13.3. The van der Waals surface area contributed by atoms with Crippen molar-refractivity contribution < 1.29 is 46.1 Å². The molecule has 0 radical (unpaired) electrons. The smallest absolute Gasteiger partial charge is 0.478 e. The largest absolute Gasteiger partial charge is 0.573 e. The monoisotopic (exact) mass is 540 g/mol. The number of ether oxygens (including phenoxy) is 1. The van der Waals surface area contributed by atoms with Gasteiger partial charge in [-0.05, 0) is 47.5 Å². The first-order chi connectivity index (χ1) is 17.8. The Hall–Kier alpha value is -3.93. The number of nitrogens with zero attached hydrogens (tertiary/aromatic N) is 2. The summed E-state index contributed by atoms with van der Waals surface area (Å²) in [5, 5.41) is 19.3. The molecule has 4 rings (SSSR count). The van der Waals surface area contributed by atoms with E-state index in [4.69, 9.17) is 0 Å². The third kappa shape index (κ3) is 6.31. The van der Waals surface area contributed by atoms with E-state index in [9.17, 15) is 41.4 Å². The lowest BCUT2D eigenvalue weighted by atomic mass is 9.96. The van der Waals surface area contributed by atoms with Crippen LogP contribution in [0.15, 0.2) is 72.8 Å². The number of para-hydroxylation sites is 2. The zero-order valence-corrected chi connectivity index (χ0v) is 19.6. The standard InChI is InChI=1S/C26H22F6N2O4/c27-25(28,29)23(35)15-34-21-10-2-1-9-20(21)33(13-16-5-3-8-19(11-16)38-26(30,31)32)14-22(34)17-6-4-7-18(12-17)24(36)37/h1-12,22-23,35H,13-15H2,(H,36,37)/t22?,23-/m1/s1. The number of aliphatic hydroxyl groups is 1. The van der Waals surface area contributed by atoms with Gasteiger partial charge in [-0.3, -0.25) is 0 Å².